The molecule has 1 heterocycles. The highest BCUT2D eigenvalue weighted by Crippen LogP contribution is 2.29. The Balaban J connectivity index is 1.47. The van der Waals surface area contributed by atoms with E-state index in [9.17, 15) is 9.59 Å². The van der Waals surface area contributed by atoms with Crippen molar-refractivity contribution in [1.29, 1.82) is 0 Å². The third-order valence-electron chi connectivity index (χ3n) is 4.83. The van der Waals surface area contributed by atoms with Gasteiger partial charge in [0.25, 0.3) is 11.8 Å². The molecular weight excluding hydrogens is 364 g/mol. The molecule has 5 nitrogen and oxygen atoms in total. The molecule has 2 atom stereocenters. The molecule has 3 aromatic rings. The van der Waals surface area contributed by atoms with E-state index in [1.54, 1.807) is 4.90 Å². The van der Waals surface area contributed by atoms with E-state index < -0.39 is 12.2 Å². The van der Waals surface area contributed by atoms with Gasteiger partial charge in [0.15, 0.2) is 12.2 Å². The van der Waals surface area contributed by atoms with E-state index in [-0.39, 0.29) is 11.8 Å². The highest BCUT2D eigenvalue weighted by atomic mass is 16.6. The minimum absolute atomic E-state index is 0.218. The number of aryl methyl sites for hydroxylation is 1. The molecule has 2 unspecified atom stereocenters. The van der Waals surface area contributed by atoms with Crippen LogP contribution in [0.3, 0.4) is 0 Å². The zero-order chi connectivity index (χ0) is 20.2. The van der Waals surface area contributed by atoms with Crippen molar-refractivity contribution in [3.63, 3.8) is 0 Å². The van der Waals surface area contributed by atoms with Crippen LogP contribution in [0.2, 0.25) is 0 Å². The molecule has 5 heteroatoms. The first-order chi connectivity index (χ1) is 14.1. The Morgan fingerprint density at radius 2 is 1.48 bits per heavy atom. The standard InChI is InChI=1S/C24H22N2O3/c1-17-12-14-19(15-13-17)25-23(27)21-22(29-21)24(28)26(20-10-6-3-7-11-20)16-18-8-4-2-5-9-18/h2-15,21-22H,16H2,1H3,(H,25,27). The van der Waals surface area contributed by atoms with Crippen LogP contribution in [0.5, 0.6) is 0 Å². The maximum absolute atomic E-state index is 13.1. The third-order valence-corrected chi connectivity index (χ3v) is 4.83. The number of nitrogens with one attached hydrogen (secondary N) is 1. The molecule has 0 aromatic heterocycles. The highest BCUT2D eigenvalue weighted by Gasteiger charge is 2.52. The Morgan fingerprint density at radius 1 is 0.862 bits per heavy atom. The van der Waals surface area contributed by atoms with Gasteiger partial charge in [-0.05, 0) is 36.8 Å². The quantitative estimate of drug-likeness (QED) is 0.653. The smallest absolute Gasteiger partial charge is 0.259 e. The molecule has 2 amide bonds. The molecule has 146 valence electrons. The van der Waals surface area contributed by atoms with Crippen LogP contribution in [-0.2, 0) is 20.9 Å². The van der Waals surface area contributed by atoms with Crippen LogP contribution in [0.15, 0.2) is 84.9 Å². The van der Waals surface area contributed by atoms with Crippen molar-refractivity contribution in [2.24, 2.45) is 0 Å². The fourth-order valence-electron chi connectivity index (χ4n) is 3.17. The van der Waals surface area contributed by atoms with E-state index in [0.29, 0.717) is 12.2 Å². The lowest BCUT2D eigenvalue weighted by molar-refractivity contribution is -0.120. The first kappa shape index (κ1) is 18.9. The van der Waals surface area contributed by atoms with Crippen molar-refractivity contribution in [1.82, 2.24) is 0 Å². The first-order valence-electron chi connectivity index (χ1n) is 9.55. The SMILES string of the molecule is Cc1ccc(NC(=O)C2OC2C(=O)N(Cc2ccccc2)c2ccccc2)cc1. The van der Waals surface area contributed by atoms with Crippen molar-refractivity contribution in [3.8, 4) is 0 Å². The van der Waals surface area contributed by atoms with Gasteiger partial charge in [-0.25, -0.2) is 0 Å². The minimum Gasteiger partial charge on any atom is -0.349 e. The molecule has 1 N–H and O–H groups in total. The molecule has 0 radical (unpaired) electrons. The lowest BCUT2D eigenvalue weighted by Gasteiger charge is -2.22. The monoisotopic (exact) mass is 386 g/mol. The summed E-state index contributed by atoms with van der Waals surface area (Å²) in [6.07, 6.45) is -1.55. The molecule has 3 aromatic carbocycles. The lowest BCUT2D eigenvalue weighted by Crippen LogP contribution is -2.36. The first-order valence-corrected chi connectivity index (χ1v) is 9.55. The topological polar surface area (TPSA) is 61.9 Å². The van der Waals surface area contributed by atoms with Crippen molar-refractivity contribution in [2.45, 2.75) is 25.7 Å². The number of benzene rings is 3. The molecule has 0 aliphatic carbocycles. The number of amides is 2. The van der Waals surface area contributed by atoms with Crippen LogP contribution in [0.1, 0.15) is 11.1 Å². The van der Waals surface area contributed by atoms with Gasteiger partial charge in [-0.1, -0.05) is 66.2 Å². The number of carbonyl (C=O) groups excluding carboxylic acids is 2. The van der Waals surface area contributed by atoms with Crippen molar-refractivity contribution >= 4 is 23.2 Å². The molecule has 0 spiro atoms. The van der Waals surface area contributed by atoms with Gasteiger partial charge in [-0.3, -0.25) is 9.59 Å². The van der Waals surface area contributed by atoms with Gasteiger partial charge in [0.05, 0.1) is 6.54 Å². The summed E-state index contributed by atoms with van der Waals surface area (Å²) in [5.41, 5.74) is 3.57. The predicted molar refractivity (Wildman–Crippen MR) is 113 cm³/mol. The highest BCUT2D eigenvalue weighted by molar-refractivity contribution is 6.06. The summed E-state index contributed by atoms with van der Waals surface area (Å²) in [6.45, 7) is 2.39. The third kappa shape index (κ3) is 4.52. The number of nitrogens with zero attached hydrogens (tertiary/aromatic N) is 1. The average molecular weight is 386 g/mol. The van der Waals surface area contributed by atoms with Gasteiger partial charge >= 0.3 is 0 Å². The Labute approximate surface area is 169 Å². The van der Waals surface area contributed by atoms with E-state index in [0.717, 1.165) is 16.8 Å². The van der Waals surface area contributed by atoms with Gasteiger partial charge < -0.3 is 15.0 Å². The van der Waals surface area contributed by atoms with E-state index in [1.807, 2.05) is 91.9 Å². The summed E-state index contributed by atoms with van der Waals surface area (Å²) in [6, 6.07) is 26.7. The number of epoxide rings is 1. The number of para-hydroxylation sites is 1. The van der Waals surface area contributed by atoms with Gasteiger partial charge in [0.1, 0.15) is 0 Å². The Bertz CT molecular complexity index is 988. The number of anilines is 2. The van der Waals surface area contributed by atoms with Crippen LogP contribution in [-0.4, -0.2) is 24.0 Å². The summed E-state index contributed by atoms with van der Waals surface area (Å²) in [4.78, 5) is 27.3. The largest absolute Gasteiger partial charge is 0.349 e. The van der Waals surface area contributed by atoms with Crippen LogP contribution < -0.4 is 10.2 Å². The zero-order valence-corrected chi connectivity index (χ0v) is 16.1. The Kier molecular flexibility index (Phi) is 5.40. The van der Waals surface area contributed by atoms with Gasteiger partial charge in [-0.2, -0.15) is 0 Å². The van der Waals surface area contributed by atoms with Gasteiger partial charge in [-0.15, -0.1) is 0 Å². The van der Waals surface area contributed by atoms with Crippen LogP contribution >= 0.6 is 0 Å². The number of ether oxygens (including phenoxy) is 1. The zero-order valence-electron chi connectivity index (χ0n) is 16.1. The fourth-order valence-corrected chi connectivity index (χ4v) is 3.17. The Hall–Kier alpha value is -3.44. The second kappa shape index (κ2) is 8.29. The molecular formula is C24H22N2O3. The molecule has 1 saturated heterocycles. The maximum atomic E-state index is 13.1. The molecule has 1 fully saturated rings. The van der Waals surface area contributed by atoms with Crippen LogP contribution in [0, 0.1) is 6.92 Å². The minimum atomic E-state index is -0.774. The number of hydrogen-bond acceptors (Lipinski definition) is 3. The second-order valence-corrected chi connectivity index (χ2v) is 7.08. The molecule has 1 aliphatic rings. The number of rotatable bonds is 6. The van der Waals surface area contributed by atoms with Crippen LogP contribution in [0.4, 0.5) is 11.4 Å². The summed E-state index contributed by atoms with van der Waals surface area (Å²) in [5.74, 6) is -0.524. The number of carbonyl (C=O) groups is 2. The lowest BCUT2D eigenvalue weighted by atomic mass is 10.1. The molecule has 4 rings (SSSR count). The molecule has 1 aliphatic heterocycles. The van der Waals surface area contributed by atoms with Gasteiger partial charge in [0.2, 0.25) is 0 Å². The van der Waals surface area contributed by atoms with Crippen molar-refractivity contribution in [3.05, 3.63) is 96.1 Å². The molecule has 29 heavy (non-hydrogen) atoms. The van der Waals surface area contributed by atoms with E-state index in [2.05, 4.69) is 5.32 Å². The average Bonchev–Trinajstić information content (AvgIpc) is 3.56. The summed E-state index contributed by atoms with van der Waals surface area (Å²) in [7, 11) is 0. The summed E-state index contributed by atoms with van der Waals surface area (Å²) >= 11 is 0. The van der Waals surface area contributed by atoms with Crippen molar-refractivity contribution in [2.75, 3.05) is 10.2 Å². The summed E-state index contributed by atoms with van der Waals surface area (Å²) in [5, 5.41) is 2.81. The van der Waals surface area contributed by atoms with Crippen molar-refractivity contribution < 1.29 is 14.3 Å². The normalized spacial score (nSPS) is 17.4. The van der Waals surface area contributed by atoms with Gasteiger partial charge in [0, 0.05) is 11.4 Å². The molecule has 0 saturated carbocycles. The van der Waals surface area contributed by atoms with E-state index in [4.69, 9.17) is 4.74 Å². The number of hydrogen-bond donors (Lipinski definition) is 1. The van der Waals surface area contributed by atoms with E-state index >= 15 is 0 Å². The summed E-state index contributed by atoms with van der Waals surface area (Å²) < 4.78 is 5.47. The fraction of sp³-hybridized carbons (Fsp3) is 0.167. The second-order valence-electron chi connectivity index (χ2n) is 7.08. The van der Waals surface area contributed by atoms with E-state index in [1.165, 1.54) is 0 Å². The predicted octanol–water partition coefficient (Wildman–Crippen LogP) is 3.93. The molecule has 0 bridgehead atoms. The van der Waals surface area contributed by atoms with Crippen LogP contribution in [0.25, 0.3) is 0 Å². The maximum Gasteiger partial charge on any atom is 0.259 e. The Morgan fingerprint density at radius 3 is 2.14 bits per heavy atom.